The molecule has 0 N–H and O–H groups in total. The molecule has 0 bridgehead atoms. The van der Waals surface area contributed by atoms with Crippen LogP contribution in [0.3, 0.4) is 0 Å². The quantitative estimate of drug-likeness (QED) is 0.587. The van der Waals surface area contributed by atoms with Gasteiger partial charge in [-0.25, -0.2) is 8.42 Å². The van der Waals surface area contributed by atoms with Crippen molar-refractivity contribution < 1.29 is 8.42 Å². The average Bonchev–Trinajstić information content (AvgIpc) is 1.85. The second-order valence-corrected chi connectivity index (χ2v) is 5.21. The molecule has 4 heteroatoms. The van der Waals surface area contributed by atoms with Crippen molar-refractivity contribution in [3.63, 3.8) is 0 Å². The summed E-state index contributed by atoms with van der Waals surface area (Å²) in [5.41, 5.74) is 0. The molecule has 1 unspecified atom stereocenters. The van der Waals surface area contributed by atoms with Crippen molar-refractivity contribution in [3.05, 3.63) is 0 Å². The Kier molecular flexibility index (Phi) is 2.50. The zero-order valence-electron chi connectivity index (χ0n) is 6.28. The zero-order chi connectivity index (χ0) is 8.32. The van der Waals surface area contributed by atoms with Crippen molar-refractivity contribution >= 4 is 9.84 Å². The average molecular weight is 173 g/mol. The number of nitriles is 1. The Hall–Kier alpha value is -0.560. The van der Waals surface area contributed by atoms with E-state index in [0.29, 0.717) is 12.2 Å². The summed E-state index contributed by atoms with van der Waals surface area (Å²) in [5, 5.41) is 8.34. The molecule has 0 aromatic carbocycles. The number of sulfone groups is 1. The Morgan fingerprint density at radius 3 is 2.82 bits per heavy atom. The molecule has 1 aliphatic heterocycles. The summed E-state index contributed by atoms with van der Waals surface area (Å²) in [4.78, 5) is 0. The van der Waals surface area contributed by atoms with E-state index in [1.807, 2.05) is 6.07 Å². The lowest BCUT2D eigenvalue weighted by Gasteiger charge is -2.18. The minimum atomic E-state index is -2.81. The first-order chi connectivity index (χ1) is 5.14. The van der Waals surface area contributed by atoms with Gasteiger partial charge in [-0.05, 0) is 18.8 Å². The summed E-state index contributed by atoms with van der Waals surface area (Å²) in [6.45, 7) is 0. The lowest BCUT2D eigenvalue weighted by Crippen LogP contribution is -2.24. The maximum atomic E-state index is 11.0. The van der Waals surface area contributed by atoms with E-state index in [-0.39, 0.29) is 11.7 Å². The van der Waals surface area contributed by atoms with Crippen molar-refractivity contribution in [2.75, 3.05) is 11.5 Å². The molecule has 0 spiro atoms. The van der Waals surface area contributed by atoms with Crippen LogP contribution < -0.4 is 0 Å². The lowest BCUT2D eigenvalue weighted by atomic mass is 10.0. The number of nitrogens with zero attached hydrogens (tertiary/aromatic N) is 1. The maximum Gasteiger partial charge on any atom is 0.150 e. The smallest absolute Gasteiger partial charge is 0.150 e. The molecule has 1 heterocycles. The van der Waals surface area contributed by atoms with E-state index in [4.69, 9.17) is 5.26 Å². The van der Waals surface area contributed by atoms with Gasteiger partial charge >= 0.3 is 0 Å². The standard InChI is InChI=1S/C7H11NO2S/c8-4-3-7-2-1-5-11(9,10)6-7/h7H,1-3,5-6H2. The maximum absolute atomic E-state index is 11.0. The highest BCUT2D eigenvalue weighted by Gasteiger charge is 2.23. The van der Waals surface area contributed by atoms with E-state index in [1.165, 1.54) is 0 Å². The van der Waals surface area contributed by atoms with Gasteiger partial charge in [0.25, 0.3) is 0 Å². The predicted molar refractivity (Wildman–Crippen MR) is 41.6 cm³/mol. The minimum Gasteiger partial charge on any atom is -0.229 e. The summed E-state index contributed by atoms with van der Waals surface area (Å²) in [6, 6.07) is 2.01. The van der Waals surface area contributed by atoms with E-state index in [2.05, 4.69) is 0 Å². The molecule has 0 radical (unpaired) electrons. The van der Waals surface area contributed by atoms with Crippen molar-refractivity contribution in [1.29, 1.82) is 5.26 Å². The van der Waals surface area contributed by atoms with Gasteiger partial charge < -0.3 is 0 Å². The predicted octanol–water partition coefficient (Wildman–Crippen LogP) is 0.725. The summed E-state index contributed by atoms with van der Waals surface area (Å²) in [6.07, 6.45) is 2.01. The topological polar surface area (TPSA) is 57.9 Å². The second-order valence-electron chi connectivity index (χ2n) is 2.98. The van der Waals surface area contributed by atoms with Crippen LogP contribution in [0.5, 0.6) is 0 Å². The van der Waals surface area contributed by atoms with Gasteiger partial charge in [0.05, 0.1) is 17.6 Å². The largest absolute Gasteiger partial charge is 0.229 e. The highest BCUT2D eigenvalue weighted by molar-refractivity contribution is 7.91. The Morgan fingerprint density at radius 1 is 1.55 bits per heavy atom. The van der Waals surface area contributed by atoms with E-state index < -0.39 is 9.84 Å². The number of rotatable bonds is 1. The molecule has 0 aromatic heterocycles. The first kappa shape index (κ1) is 8.54. The fourth-order valence-electron chi connectivity index (χ4n) is 1.41. The van der Waals surface area contributed by atoms with E-state index in [1.54, 1.807) is 0 Å². The lowest BCUT2D eigenvalue weighted by molar-refractivity contribution is 0.493. The molecule has 1 aliphatic rings. The molecule has 3 nitrogen and oxygen atoms in total. The summed E-state index contributed by atoms with van der Waals surface area (Å²) in [7, 11) is -2.81. The fourth-order valence-corrected chi connectivity index (χ4v) is 3.18. The molecule has 1 saturated heterocycles. The van der Waals surface area contributed by atoms with E-state index in [9.17, 15) is 8.42 Å². The van der Waals surface area contributed by atoms with Crippen LogP contribution in [0, 0.1) is 17.2 Å². The Balaban J connectivity index is 2.55. The van der Waals surface area contributed by atoms with Gasteiger partial charge in [-0.2, -0.15) is 5.26 Å². The Bertz CT molecular complexity index is 263. The van der Waals surface area contributed by atoms with Crippen LogP contribution in [0.4, 0.5) is 0 Å². The van der Waals surface area contributed by atoms with Crippen molar-refractivity contribution in [2.24, 2.45) is 5.92 Å². The van der Waals surface area contributed by atoms with Crippen LogP contribution in [0.25, 0.3) is 0 Å². The van der Waals surface area contributed by atoms with Crippen molar-refractivity contribution in [3.8, 4) is 6.07 Å². The molecular formula is C7H11NO2S. The van der Waals surface area contributed by atoms with Crippen LogP contribution in [0.1, 0.15) is 19.3 Å². The van der Waals surface area contributed by atoms with E-state index >= 15 is 0 Å². The number of hydrogen-bond acceptors (Lipinski definition) is 3. The SMILES string of the molecule is N#CCC1CCCS(=O)(=O)C1. The van der Waals surface area contributed by atoms with Crippen molar-refractivity contribution in [2.45, 2.75) is 19.3 Å². The van der Waals surface area contributed by atoms with Gasteiger partial charge in [0.2, 0.25) is 0 Å². The summed E-state index contributed by atoms with van der Waals surface area (Å²) in [5.74, 6) is 0.633. The molecule has 0 amide bonds. The minimum absolute atomic E-state index is 0.0961. The Labute approximate surface area is 66.9 Å². The monoisotopic (exact) mass is 173 g/mol. The molecule has 11 heavy (non-hydrogen) atoms. The third kappa shape index (κ3) is 2.51. The molecule has 1 rings (SSSR count). The first-order valence-corrected chi connectivity index (χ1v) is 5.53. The molecule has 0 aromatic rings. The third-order valence-corrected chi connectivity index (χ3v) is 3.83. The zero-order valence-corrected chi connectivity index (χ0v) is 7.10. The fraction of sp³-hybridized carbons (Fsp3) is 0.857. The van der Waals surface area contributed by atoms with Crippen LogP contribution in [-0.2, 0) is 9.84 Å². The van der Waals surface area contributed by atoms with Gasteiger partial charge in [-0.3, -0.25) is 0 Å². The van der Waals surface area contributed by atoms with Gasteiger partial charge in [0, 0.05) is 6.42 Å². The molecule has 1 atom stereocenters. The molecule has 0 aliphatic carbocycles. The van der Waals surface area contributed by atoms with E-state index in [0.717, 1.165) is 12.8 Å². The van der Waals surface area contributed by atoms with Gasteiger partial charge in [-0.1, -0.05) is 0 Å². The molecule has 62 valence electrons. The molecular weight excluding hydrogens is 162 g/mol. The summed E-state index contributed by atoms with van der Waals surface area (Å²) < 4.78 is 22.1. The van der Waals surface area contributed by atoms with Gasteiger partial charge in [0.1, 0.15) is 0 Å². The van der Waals surface area contributed by atoms with Crippen LogP contribution in [0.15, 0.2) is 0 Å². The summed E-state index contributed by atoms with van der Waals surface area (Å²) >= 11 is 0. The second kappa shape index (κ2) is 3.22. The van der Waals surface area contributed by atoms with Crippen LogP contribution in [-0.4, -0.2) is 19.9 Å². The van der Waals surface area contributed by atoms with Crippen molar-refractivity contribution in [1.82, 2.24) is 0 Å². The normalized spacial score (nSPS) is 29.2. The highest BCUT2D eigenvalue weighted by Crippen LogP contribution is 2.20. The third-order valence-electron chi connectivity index (χ3n) is 1.94. The van der Waals surface area contributed by atoms with Crippen LogP contribution in [0.2, 0.25) is 0 Å². The molecule has 1 fully saturated rings. The molecule has 0 saturated carbocycles. The van der Waals surface area contributed by atoms with Gasteiger partial charge in [0.15, 0.2) is 9.84 Å². The Morgan fingerprint density at radius 2 is 2.27 bits per heavy atom. The van der Waals surface area contributed by atoms with Gasteiger partial charge in [-0.15, -0.1) is 0 Å². The highest BCUT2D eigenvalue weighted by atomic mass is 32.2. The first-order valence-electron chi connectivity index (χ1n) is 3.71. The number of hydrogen-bond donors (Lipinski definition) is 0. The van der Waals surface area contributed by atoms with Crippen LogP contribution >= 0.6 is 0 Å².